The summed E-state index contributed by atoms with van der Waals surface area (Å²) in [6.07, 6.45) is -0.446. The van der Waals surface area contributed by atoms with E-state index in [1.54, 1.807) is 0 Å². The third-order valence-electron chi connectivity index (χ3n) is 5.65. The van der Waals surface area contributed by atoms with E-state index in [0.29, 0.717) is 26.4 Å². The Kier molecular flexibility index (Phi) is 9.84. The van der Waals surface area contributed by atoms with Crippen LogP contribution in [0.3, 0.4) is 0 Å². The van der Waals surface area contributed by atoms with Crippen LogP contribution in [0, 0.1) is 11.8 Å². The molecule has 162 valence electrons. The lowest BCUT2D eigenvalue weighted by atomic mass is 9.81. The fourth-order valence-electron chi connectivity index (χ4n) is 3.76. The number of hydrogen-bond acceptors (Lipinski definition) is 4. The Bertz CT molecular complexity index is 781. The van der Waals surface area contributed by atoms with Crippen molar-refractivity contribution in [2.75, 3.05) is 13.2 Å². The predicted molar refractivity (Wildman–Crippen MR) is 119 cm³/mol. The Balaban J connectivity index is 0.00000320. The Labute approximate surface area is 179 Å². The molecule has 30 heavy (non-hydrogen) atoms. The monoisotopic (exact) mass is 411 g/mol. The first-order chi connectivity index (χ1) is 14.2. The molecule has 5 atom stereocenters. The van der Waals surface area contributed by atoms with Gasteiger partial charge in [-0.05, 0) is 28.5 Å². The molecule has 1 aliphatic rings. The molecule has 1 heterocycles. The van der Waals surface area contributed by atoms with Crippen molar-refractivity contribution in [3.8, 4) is 0 Å². The van der Waals surface area contributed by atoms with Crippen LogP contribution in [0.25, 0.3) is 10.4 Å². The minimum absolute atomic E-state index is 0. The zero-order valence-electron chi connectivity index (χ0n) is 17.1. The molecular formula is C24H33N3O3. The summed E-state index contributed by atoms with van der Waals surface area (Å²) in [6, 6.07) is 20.2. The fourth-order valence-corrected chi connectivity index (χ4v) is 3.76. The normalized spacial score (nSPS) is 25.7. The Morgan fingerprint density at radius 2 is 1.50 bits per heavy atom. The van der Waals surface area contributed by atoms with Crippen LogP contribution in [0.4, 0.5) is 0 Å². The SMILES string of the molecule is C.C[C@@H]1[C@H](C)[C@@H](CN=[N+]=[N-])O[C@H](COCc2ccccc2)[C@H]1OCc1ccccc1. The summed E-state index contributed by atoms with van der Waals surface area (Å²) >= 11 is 0. The first-order valence-corrected chi connectivity index (χ1v) is 10.1. The largest absolute Gasteiger partial charge is 0.374 e. The van der Waals surface area contributed by atoms with Crippen LogP contribution in [0.2, 0.25) is 0 Å². The van der Waals surface area contributed by atoms with Crippen molar-refractivity contribution in [3.63, 3.8) is 0 Å². The second-order valence-electron chi connectivity index (χ2n) is 7.61. The van der Waals surface area contributed by atoms with Crippen LogP contribution < -0.4 is 0 Å². The lowest BCUT2D eigenvalue weighted by Crippen LogP contribution is -2.52. The molecule has 2 aromatic rings. The van der Waals surface area contributed by atoms with E-state index in [1.807, 2.05) is 48.5 Å². The maximum absolute atomic E-state index is 8.70. The molecule has 3 rings (SSSR count). The predicted octanol–water partition coefficient (Wildman–Crippen LogP) is 5.77. The molecule has 0 N–H and O–H groups in total. The highest BCUT2D eigenvalue weighted by Gasteiger charge is 2.41. The summed E-state index contributed by atoms with van der Waals surface area (Å²) in [4.78, 5) is 2.89. The van der Waals surface area contributed by atoms with Crippen molar-refractivity contribution < 1.29 is 14.2 Å². The average molecular weight is 412 g/mol. The van der Waals surface area contributed by atoms with Gasteiger partial charge in [-0.1, -0.05) is 87.1 Å². The summed E-state index contributed by atoms with van der Waals surface area (Å²) in [6.45, 7) is 6.11. The fraction of sp³-hybridized carbons (Fsp3) is 0.500. The molecule has 1 saturated heterocycles. The molecule has 1 fully saturated rings. The van der Waals surface area contributed by atoms with Gasteiger partial charge in [0, 0.05) is 4.91 Å². The highest BCUT2D eigenvalue weighted by atomic mass is 16.6. The first-order valence-electron chi connectivity index (χ1n) is 10.1. The number of benzene rings is 2. The smallest absolute Gasteiger partial charge is 0.108 e. The minimum atomic E-state index is -0.215. The van der Waals surface area contributed by atoms with E-state index in [-0.39, 0.29) is 37.6 Å². The summed E-state index contributed by atoms with van der Waals surface area (Å²) in [5.74, 6) is 0.461. The van der Waals surface area contributed by atoms with Gasteiger partial charge in [0.15, 0.2) is 0 Å². The van der Waals surface area contributed by atoms with Crippen LogP contribution in [-0.4, -0.2) is 31.5 Å². The molecule has 0 saturated carbocycles. The lowest BCUT2D eigenvalue weighted by Gasteiger charge is -2.44. The van der Waals surface area contributed by atoms with Crippen molar-refractivity contribution in [2.24, 2.45) is 17.0 Å². The number of ether oxygens (including phenoxy) is 3. The van der Waals surface area contributed by atoms with Gasteiger partial charge in [0.2, 0.25) is 0 Å². The van der Waals surface area contributed by atoms with Crippen LogP contribution >= 0.6 is 0 Å². The van der Waals surface area contributed by atoms with E-state index in [2.05, 4.69) is 36.0 Å². The molecular weight excluding hydrogens is 378 g/mol. The second-order valence-corrected chi connectivity index (χ2v) is 7.61. The molecule has 1 aliphatic heterocycles. The zero-order chi connectivity index (χ0) is 20.5. The van der Waals surface area contributed by atoms with Gasteiger partial charge in [0.05, 0.1) is 38.6 Å². The summed E-state index contributed by atoms with van der Waals surface area (Å²) in [7, 11) is 0. The van der Waals surface area contributed by atoms with Crippen LogP contribution in [0.15, 0.2) is 65.8 Å². The molecule has 0 spiro atoms. The number of azide groups is 1. The topological polar surface area (TPSA) is 76.5 Å². The average Bonchev–Trinajstić information content (AvgIpc) is 2.76. The van der Waals surface area contributed by atoms with E-state index in [4.69, 9.17) is 19.7 Å². The lowest BCUT2D eigenvalue weighted by molar-refractivity contribution is -0.203. The van der Waals surface area contributed by atoms with Gasteiger partial charge in [-0.15, -0.1) is 0 Å². The first kappa shape index (κ1) is 23.9. The van der Waals surface area contributed by atoms with E-state index < -0.39 is 0 Å². The van der Waals surface area contributed by atoms with Gasteiger partial charge < -0.3 is 14.2 Å². The minimum Gasteiger partial charge on any atom is -0.374 e. The zero-order valence-corrected chi connectivity index (χ0v) is 17.1. The van der Waals surface area contributed by atoms with Crippen LogP contribution in [0.1, 0.15) is 32.4 Å². The van der Waals surface area contributed by atoms with Crippen LogP contribution in [-0.2, 0) is 27.4 Å². The van der Waals surface area contributed by atoms with Crippen LogP contribution in [0.5, 0.6) is 0 Å². The number of hydrogen-bond donors (Lipinski definition) is 0. The maximum Gasteiger partial charge on any atom is 0.108 e. The third-order valence-corrected chi connectivity index (χ3v) is 5.65. The van der Waals surface area contributed by atoms with Crippen molar-refractivity contribution in [1.29, 1.82) is 0 Å². The summed E-state index contributed by atoms with van der Waals surface area (Å²) in [5.41, 5.74) is 11.0. The molecule has 0 aliphatic carbocycles. The number of rotatable bonds is 9. The molecule has 0 amide bonds. The Morgan fingerprint density at radius 1 is 0.900 bits per heavy atom. The van der Waals surface area contributed by atoms with Gasteiger partial charge in [-0.2, -0.15) is 0 Å². The van der Waals surface area contributed by atoms with Gasteiger partial charge in [0.1, 0.15) is 6.10 Å². The third kappa shape index (κ3) is 6.57. The van der Waals surface area contributed by atoms with Gasteiger partial charge in [-0.25, -0.2) is 0 Å². The van der Waals surface area contributed by atoms with Gasteiger partial charge >= 0.3 is 0 Å². The van der Waals surface area contributed by atoms with Crippen molar-refractivity contribution in [2.45, 2.75) is 52.8 Å². The highest BCUT2D eigenvalue weighted by molar-refractivity contribution is 5.14. The van der Waals surface area contributed by atoms with Crippen molar-refractivity contribution in [1.82, 2.24) is 0 Å². The summed E-state index contributed by atoms with van der Waals surface area (Å²) < 4.78 is 18.6. The van der Waals surface area contributed by atoms with E-state index in [1.165, 1.54) is 0 Å². The Morgan fingerprint density at radius 3 is 2.10 bits per heavy atom. The van der Waals surface area contributed by atoms with Crippen molar-refractivity contribution in [3.05, 3.63) is 82.2 Å². The summed E-state index contributed by atoms with van der Waals surface area (Å²) in [5, 5.41) is 3.74. The molecule has 6 nitrogen and oxygen atoms in total. The van der Waals surface area contributed by atoms with E-state index >= 15 is 0 Å². The molecule has 0 unspecified atom stereocenters. The maximum atomic E-state index is 8.70. The van der Waals surface area contributed by atoms with Crippen molar-refractivity contribution >= 4 is 0 Å². The quantitative estimate of drug-likeness (QED) is 0.298. The Hall–Kier alpha value is -2.37. The standard InChI is InChI=1S/C23H29N3O3.CH4/c1-17-18(2)23(28-15-20-11-7-4-8-12-20)22(29-21(17)13-25-26-24)16-27-14-19-9-5-3-6-10-19;/h3-12,17-18,21-23H,13-16H2,1-2H3;1H4/t17-,18+,21+,22+,23-;/m0./s1. The van der Waals surface area contributed by atoms with E-state index in [9.17, 15) is 0 Å². The second kappa shape index (κ2) is 12.4. The highest BCUT2D eigenvalue weighted by Crippen LogP contribution is 2.33. The van der Waals surface area contributed by atoms with Gasteiger partial charge in [-0.3, -0.25) is 0 Å². The molecule has 0 aromatic heterocycles. The molecule has 6 heteroatoms. The molecule has 0 bridgehead atoms. The molecule has 0 radical (unpaired) electrons. The molecule has 2 aromatic carbocycles. The number of nitrogens with zero attached hydrogens (tertiary/aromatic N) is 3. The van der Waals surface area contributed by atoms with E-state index in [0.717, 1.165) is 11.1 Å². The van der Waals surface area contributed by atoms with Gasteiger partial charge in [0.25, 0.3) is 0 Å².